The second kappa shape index (κ2) is 8.71. The lowest BCUT2D eigenvalue weighted by Crippen LogP contribution is -2.57. The molecular weight excluding hydrogens is 432 g/mol. The topological polar surface area (TPSA) is 66.0 Å². The Bertz CT molecular complexity index is 1160. The lowest BCUT2D eigenvalue weighted by Gasteiger charge is -2.62. The van der Waals surface area contributed by atoms with E-state index in [0.29, 0.717) is 28.1 Å². The molecule has 4 aliphatic rings. The fourth-order valence-corrected chi connectivity index (χ4v) is 9.82. The van der Waals surface area contributed by atoms with Crippen molar-refractivity contribution in [2.45, 2.75) is 104 Å². The van der Waals surface area contributed by atoms with Crippen molar-refractivity contribution in [3.63, 3.8) is 0 Å². The molecule has 2 N–H and O–H groups in total. The van der Waals surface area contributed by atoms with E-state index >= 15 is 0 Å². The Morgan fingerprint density at radius 1 is 1.06 bits per heavy atom. The Hall–Kier alpha value is -1.68. The standard InChI is InChI=1S/C31H44N2O2/c1-19-8-6-11-22-28(19)32-26(33-29(22)35)12-7-10-20-13-14-23-27-24(15-17-31(20,23)3)30(2)16-5-4-9-21(30)18-25(27)34/h6,8,11,20-21,23-25,27,34H,4-5,7,9-10,12-18H2,1-3H3,(H,32,33,35). The number of hydrogen-bond donors (Lipinski definition) is 2. The Kier molecular flexibility index (Phi) is 5.90. The number of para-hydroxylation sites is 1. The van der Waals surface area contributed by atoms with Crippen LogP contribution in [0.4, 0.5) is 0 Å². The highest BCUT2D eigenvalue weighted by Crippen LogP contribution is 2.67. The van der Waals surface area contributed by atoms with Crippen LogP contribution in [-0.4, -0.2) is 21.2 Å². The maximum atomic E-state index is 12.6. The molecule has 8 atom stereocenters. The summed E-state index contributed by atoms with van der Waals surface area (Å²) in [6.07, 6.45) is 14.8. The Morgan fingerprint density at radius 3 is 2.74 bits per heavy atom. The quantitative estimate of drug-likeness (QED) is 0.524. The molecule has 4 fully saturated rings. The van der Waals surface area contributed by atoms with Crippen molar-refractivity contribution in [3.8, 4) is 0 Å². The molecule has 1 heterocycles. The van der Waals surface area contributed by atoms with Crippen molar-refractivity contribution in [1.82, 2.24) is 9.97 Å². The van der Waals surface area contributed by atoms with Crippen LogP contribution in [0.2, 0.25) is 0 Å². The minimum Gasteiger partial charge on any atom is -0.393 e. The van der Waals surface area contributed by atoms with E-state index < -0.39 is 0 Å². The minimum atomic E-state index is -0.0883. The van der Waals surface area contributed by atoms with Gasteiger partial charge in [0.1, 0.15) is 5.82 Å². The zero-order chi connectivity index (χ0) is 24.4. The van der Waals surface area contributed by atoms with Gasteiger partial charge in [0, 0.05) is 6.42 Å². The second-order valence-corrected chi connectivity index (χ2v) is 13.2. The van der Waals surface area contributed by atoms with Crippen LogP contribution in [-0.2, 0) is 6.42 Å². The number of hydrogen-bond acceptors (Lipinski definition) is 3. The molecule has 4 nitrogen and oxygen atoms in total. The van der Waals surface area contributed by atoms with Crippen molar-refractivity contribution < 1.29 is 5.11 Å². The number of H-pyrrole nitrogens is 1. The molecule has 1 aromatic heterocycles. The van der Waals surface area contributed by atoms with E-state index in [0.717, 1.165) is 53.9 Å². The lowest BCUT2D eigenvalue weighted by molar-refractivity contribution is -0.162. The van der Waals surface area contributed by atoms with Crippen LogP contribution in [0.25, 0.3) is 10.9 Å². The maximum Gasteiger partial charge on any atom is 0.258 e. The smallest absolute Gasteiger partial charge is 0.258 e. The van der Waals surface area contributed by atoms with Crippen LogP contribution in [0.3, 0.4) is 0 Å². The van der Waals surface area contributed by atoms with Crippen molar-refractivity contribution in [2.75, 3.05) is 0 Å². The number of nitrogens with zero attached hydrogens (tertiary/aromatic N) is 1. The van der Waals surface area contributed by atoms with E-state index in [-0.39, 0.29) is 11.7 Å². The number of rotatable bonds is 4. The molecule has 8 unspecified atom stereocenters. The van der Waals surface area contributed by atoms with Crippen LogP contribution >= 0.6 is 0 Å². The number of fused-ring (bicyclic) bond motifs is 6. The van der Waals surface area contributed by atoms with Crippen LogP contribution in [0, 0.1) is 47.3 Å². The van der Waals surface area contributed by atoms with Crippen LogP contribution in [0.15, 0.2) is 23.0 Å². The molecule has 0 radical (unpaired) electrons. The first kappa shape index (κ1) is 23.7. The van der Waals surface area contributed by atoms with Gasteiger partial charge < -0.3 is 10.1 Å². The highest BCUT2D eigenvalue weighted by atomic mass is 16.3. The Balaban J connectivity index is 1.16. The number of aromatic amines is 1. The van der Waals surface area contributed by atoms with Gasteiger partial charge in [-0.3, -0.25) is 4.79 Å². The molecule has 1 aromatic carbocycles. The van der Waals surface area contributed by atoms with Gasteiger partial charge in [0.05, 0.1) is 17.0 Å². The summed E-state index contributed by atoms with van der Waals surface area (Å²) in [4.78, 5) is 20.4. The summed E-state index contributed by atoms with van der Waals surface area (Å²) in [6.45, 7) is 7.19. The molecule has 0 saturated heterocycles. The molecule has 0 spiro atoms. The molecule has 0 aliphatic heterocycles. The summed E-state index contributed by atoms with van der Waals surface area (Å²) >= 11 is 0. The molecule has 0 bridgehead atoms. The highest BCUT2D eigenvalue weighted by Gasteiger charge is 2.61. The highest BCUT2D eigenvalue weighted by molar-refractivity contribution is 5.80. The third-order valence-electron chi connectivity index (χ3n) is 11.8. The first-order valence-corrected chi connectivity index (χ1v) is 14.5. The van der Waals surface area contributed by atoms with Crippen LogP contribution < -0.4 is 5.56 Å². The summed E-state index contributed by atoms with van der Waals surface area (Å²) in [5.41, 5.74) is 2.73. The average molecular weight is 477 g/mol. The Morgan fingerprint density at radius 2 is 1.89 bits per heavy atom. The van der Waals surface area contributed by atoms with Crippen molar-refractivity contribution in [2.24, 2.45) is 40.4 Å². The predicted molar refractivity (Wildman–Crippen MR) is 141 cm³/mol. The average Bonchev–Trinajstić information content (AvgIpc) is 3.16. The molecular formula is C31H44N2O2. The summed E-state index contributed by atoms with van der Waals surface area (Å²) in [6, 6.07) is 5.83. The number of benzene rings is 1. The molecule has 4 heteroatoms. The number of aliphatic hydroxyl groups excluding tert-OH is 1. The summed E-state index contributed by atoms with van der Waals surface area (Å²) in [7, 11) is 0. The van der Waals surface area contributed by atoms with Gasteiger partial charge in [-0.05, 0) is 117 Å². The van der Waals surface area contributed by atoms with Gasteiger partial charge in [0.25, 0.3) is 5.56 Å². The van der Waals surface area contributed by atoms with Gasteiger partial charge in [-0.1, -0.05) is 38.8 Å². The summed E-state index contributed by atoms with van der Waals surface area (Å²) < 4.78 is 0. The molecule has 0 amide bonds. The Labute approximate surface area is 210 Å². The molecule has 4 saturated carbocycles. The summed E-state index contributed by atoms with van der Waals surface area (Å²) in [5.74, 6) is 4.23. The van der Waals surface area contributed by atoms with E-state index in [2.05, 4.69) is 18.8 Å². The zero-order valence-corrected chi connectivity index (χ0v) is 22.0. The van der Waals surface area contributed by atoms with Gasteiger partial charge in [-0.15, -0.1) is 0 Å². The van der Waals surface area contributed by atoms with Gasteiger partial charge in [0.2, 0.25) is 0 Å². The second-order valence-electron chi connectivity index (χ2n) is 13.2. The van der Waals surface area contributed by atoms with Crippen molar-refractivity contribution in [3.05, 3.63) is 39.9 Å². The third-order valence-corrected chi connectivity index (χ3v) is 11.8. The molecule has 35 heavy (non-hydrogen) atoms. The van der Waals surface area contributed by atoms with Crippen molar-refractivity contribution in [1.29, 1.82) is 0 Å². The van der Waals surface area contributed by atoms with Crippen LogP contribution in [0.5, 0.6) is 0 Å². The SMILES string of the molecule is Cc1cccc2c(=O)[nH]c(CCCC3CCC4C5C(O)CC6CCCCC6(C)C5CCC34C)nc12. The van der Waals surface area contributed by atoms with E-state index in [1.165, 1.54) is 57.8 Å². The lowest BCUT2D eigenvalue weighted by atomic mass is 9.44. The van der Waals surface area contributed by atoms with Crippen molar-refractivity contribution >= 4 is 10.9 Å². The van der Waals surface area contributed by atoms with Gasteiger partial charge in [0.15, 0.2) is 0 Å². The molecule has 190 valence electrons. The maximum absolute atomic E-state index is 12.6. The fraction of sp³-hybridized carbons (Fsp3) is 0.742. The first-order valence-electron chi connectivity index (χ1n) is 14.5. The van der Waals surface area contributed by atoms with E-state index in [4.69, 9.17) is 4.98 Å². The minimum absolute atomic E-state index is 0.0132. The van der Waals surface area contributed by atoms with Gasteiger partial charge in [-0.2, -0.15) is 0 Å². The third kappa shape index (κ3) is 3.72. The monoisotopic (exact) mass is 476 g/mol. The van der Waals surface area contributed by atoms with Gasteiger partial charge in [-0.25, -0.2) is 4.98 Å². The predicted octanol–water partition coefficient (Wildman–Crippen LogP) is 6.57. The largest absolute Gasteiger partial charge is 0.393 e. The van der Waals surface area contributed by atoms with Crippen LogP contribution in [0.1, 0.15) is 95.9 Å². The molecule has 2 aromatic rings. The first-order chi connectivity index (χ1) is 16.8. The van der Waals surface area contributed by atoms with E-state index in [1.54, 1.807) is 0 Å². The van der Waals surface area contributed by atoms with E-state index in [9.17, 15) is 9.90 Å². The summed E-state index contributed by atoms with van der Waals surface area (Å²) in [5, 5.41) is 12.1. The molecule has 4 aliphatic carbocycles. The number of aryl methyl sites for hydroxylation is 2. The normalized spacial score (nSPS) is 40.8. The molecule has 6 rings (SSSR count). The van der Waals surface area contributed by atoms with E-state index in [1.807, 2.05) is 25.1 Å². The number of aromatic nitrogens is 2. The zero-order valence-electron chi connectivity index (χ0n) is 22.0. The number of nitrogens with one attached hydrogen (secondary N) is 1. The number of aliphatic hydroxyl groups is 1. The van der Waals surface area contributed by atoms with Gasteiger partial charge >= 0.3 is 0 Å². The fourth-order valence-electron chi connectivity index (χ4n) is 9.82.